The highest BCUT2D eigenvalue weighted by Gasteiger charge is 2.42. The van der Waals surface area contributed by atoms with Gasteiger partial charge < -0.3 is 18.9 Å². The highest BCUT2D eigenvalue weighted by Crippen LogP contribution is 2.40. The summed E-state index contributed by atoms with van der Waals surface area (Å²) in [7, 11) is -7.57. The number of morpholine rings is 2. The monoisotopic (exact) mass is 1200 g/mol. The lowest BCUT2D eigenvalue weighted by Gasteiger charge is -2.41. The molecular formula is C65H76N6O12S2. The van der Waals surface area contributed by atoms with Crippen LogP contribution in [-0.2, 0) is 49.5 Å². The number of hydroxylamine groups is 2. The van der Waals surface area contributed by atoms with Crippen molar-refractivity contribution in [2.24, 2.45) is 0 Å². The van der Waals surface area contributed by atoms with Gasteiger partial charge in [0.05, 0.1) is 61.4 Å². The number of sulfonamides is 2. The number of carbonyl (C=O) groups is 2. The van der Waals surface area contributed by atoms with Crippen LogP contribution in [0.3, 0.4) is 0 Å². The maximum Gasteiger partial charge on any atom is 0.262 e. The van der Waals surface area contributed by atoms with Crippen molar-refractivity contribution < 1.29 is 55.4 Å². The third kappa shape index (κ3) is 16.8. The maximum atomic E-state index is 14.6. The first kappa shape index (κ1) is 63.4. The number of ether oxygens (including phenoxy) is 4. The van der Waals surface area contributed by atoms with Crippen molar-refractivity contribution >= 4 is 43.2 Å². The molecule has 0 unspecified atom stereocenters. The van der Waals surface area contributed by atoms with Gasteiger partial charge in [0.1, 0.15) is 35.1 Å². The van der Waals surface area contributed by atoms with Crippen LogP contribution in [0.1, 0.15) is 55.5 Å². The zero-order valence-electron chi connectivity index (χ0n) is 49.1. The van der Waals surface area contributed by atoms with Crippen LogP contribution in [0.4, 0.5) is 11.4 Å². The number of carbonyl (C=O) groups excluding carboxylic acids is 2. The van der Waals surface area contributed by atoms with E-state index in [4.69, 9.17) is 23.8 Å². The lowest BCUT2D eigenvalue weighted by atomic mass is 9.80. The van der Waals surface area contributed by atoms with Gasteiger partial charge >= 0.3 is 0 Å². The maximum absolute atomic E-state index is 14.6. The number of rotatable bonds is 21. The fourth-order valence-electron chi connectivity index (χ4n) is 10.7. The third-order valence-corrected chi connectivity index (χ3v) is 16.9. The molecule has 7 aromatic carbocycles. The largest absolute Gasteiger partial charge is 0.457 e. The predicted molar refractivity (Wildman–Crippen MR) is 329 cm³/mol. The Morgan fingerprint density at radius 1 is 0.506 bits per heavy atom. The molecule has 7 aromatic rings. The SMILES string of the molecule is Cc1ccc(Oc2ccc(N(C[C@@H](C(=O)NO)N3C[C@@H](C)O[C@@H](C)C3)S(C)(=O)=O)cc2)cc1.Cc1ccc(Oc2ccc(N(C[C@@H](C(=O)NOC(c3ccccc3)(c3ccccc3)c3ccccc3)N3C[C@@H](C)O[C@@H](C)C3)S(C)(=O)=O)cc2)cc1. The van der Waals surface area contributed by atoms with Crippen LogP contribution in [-0.4, -0.2) is 132 Å². The average Bonchev–Trinajstić information content (AvgIpc) is 1.43. The Kier molecular flexibility index (Phi) is 21.2. The molecule has 2 aliphatic heterocycles. The molecule has 2 aliphatic rings. The highest BCUT2D eigenvalue weighted by atomic mass is 32.2. The van der Waals surface area contributed by atoms with Crippen LogP contribution in [0.15, 0.2) is 188 Å². The fourth-order valence-corrected chi connectivity index (χ4v) is 12.5. The summed E-state index contributed by atoms with van der Waals surface area (Å²) in [6.07, 6.45) is 1.61. The number of benzene rings is 7. The van der Waals surface area contributed by atoms with Gasteiger partial charge in [0.15, 0.2) is 5.60 Å². The number of nitrogens with one attached hydrogen (secondary N) is 2. The van der Waals surface area contributed by atoms with E-state index in [-0.39, 0.29) is 37.5 Å². The van der Waals surface area contributed by atoms with Crippen molar-refractivity contribution in [1.29, 1.82) is 0 Å². The Balaban J connectivity index is 0.000000245. The molecule has 9 rings (SSSR count). The highest BCUT2D eigenvalue weighted by molar-refractivity contribution is 7.92. The number of amides is 2. The molecule has 0 aliphatic carbocycles. The Morgan fingerprint density at radius 3 is 1.09 bits per heavy atom. The zero-order valence-corrected chi connectivity index (χ0v) is 50.8. The van der Waals surface area contributed by atoms with Crippen molar-refractivity contribution in [3.8, 4) is 23.0 Å². The second-order valence-corrected chi connectivity index (χ2v) is 25.5. The van der Waals surface area contributed by atoms with E-state index in [0.29, 0.717) is 60.6 Å². The van der Waals surface area contributed by atoms with Gasteiger partial charge in [-0.3, -0.25) is 38.0 Å². The molecule has 18 nitrogen and oxygen atoms in total. The topological polar surface area (TPSA) is 206 Å². The van der Waals surface area contributed by atoms with Crippen LogP contribution < -0.4 is 29.0 Å². The standard InChI is InChI=1S/C42H45N3O6S.C23H31N3O6S/c1-31-20-24-38(25-21-31)50-39-26-22-37(23-27-39)45(52(4,47)48)30-40(44-28-32(2)49-33(3)29-44)41(46)43-51-42(34-14-8-5-9-15-34,35-16-10-6-11-17-35)36-18-12-7-13-19-36;1-16-5-9-20(10-6-16)32-21-11-7-19(8-12-21)26(33(4,29)30)15-22(23(27)24-28)25-13-17(2)31-18(3)14-25/h5-27,32-33,40H,28-30H2,1-4H3,(H,43,46);5-12,17-18,22,28H,13-15H2,1-4H3,(H,24,27)/t32-,33+,40-;17-,18+,22-/m00/s1. The second-order valence-electron chi connectivity index (χ2n) is 21.7. The fraction of sp³-hybridized carbons (Fsp3) is 0.323. The van der Waals surface area contributed by atoms with E-state index in [0.717, 1.165) is 44.6 Å². The summed E-state index contributed by atoms with van der Waals surface area (Å²) >= 11 is 0. The second kappa shape index (κ2) is 28.5. The Labute approximate surface area is 499 Å². The summed E-state index contributed by atoms with van der Waals surface area (Å²) in [4.78, 5) is 37.6. The van der Waals surface area contributed by atoms with Crippen molar-refractivity contribution in [1.82, 2.24) is 20.8 Å². The molecule has 2 fully saturated rings. The van der Waals surface area contributed by atoms with Crippen LogP contribution >= 0.6 is 0 Å². The summed E-state index contributed by atoms with van der Waals surface area (Å²) in [5.74, 6) is 1.28. The van der Waals surface area contributed by atoms with Crippen molar-refractivity contribution in [2.45, 2.75) is 83.6 Å². The zero-order chi connectivity index (χ0) is 60.9. The summed E-state index contributed by atoms with van der Waals surface area (Å²) in [6, 6.07) is 56.0. The molecule has 2 amide bonds. The molecule has 0 aromatic heterocycles. The van der Waals surface area contributed by atoms with E-state index in [1.54, 1.807) is 54.0 Å². The Morgan fingerprint density at radius 2 is 0.800 bits per heavy atom. The van der Waals surface area contributed by atoms with Crippen LogP contribution in [0.2, 0.25) is 0 Å². The number of anilines is 2. The van der Waals surface area contributed by atoms with E-state index in [1.807, 2.05) is 191 Å². The Bertz CT molecular complexity index is 3380. The van der Waals surface area contributed by atoms with Gasteiger partial charge in [-0.1, -0.05) is 126 Å². The number of nitrogens with zero attached hydrogens (tertiary/aromatic N) is 4. The first-order chi connectivity index (χ1) is 40.6. The quantitative estimate of drug-likeness (QED) is 0.0348. The lowest BCUT2D eigenvalue weighted by Crippen LogP contribution is -2.59. The molecule has 0 saturated carbocycles. The van der Waals surface area contributed by atoms with Gasteiger partial charge in [-0.05, 0) is 131 Å². The summed E-state index contributed by atoms with van der Waals surface area (Å²) in [6.45, 7) is 13.0. The average molecular weight is 1200 g/mol. The molecule has 0 bridgehead atoms. The van der Waals surface area contributed by atoms with Crippen molar-refractivity contribution in [3.63, 3.8) is 0 Å². The minimum atomic E-state index is -3.85. The van der Waals surface area contributed by atoms with E-state index in [1.165, 1.54) is 4.31 Å². The molecule has 3 N–H and O–H groups in total. The van der Waals surface area contributed by atoms with Crippen molar-refractivity contribution in [2.75, 3.05) is 60.4 Å². The van der Waals surface area contributed by atoms with E-state index in [2.05, 4.69) is 5.48 Å². The minimum Gasteiger partial charge on any atom is -0.457 e. The van der Waals surface area contributed by atoms with Gasteiger partial charge in [-0.15, -0.1) is 0 Å². The van der Waals surface area contributed by atoms with E-state index in [9.17, 15) is 31.6 Å². The summed E-state index contributed by atoms with van der Waals surface area (Å²) < 4.78 is 78.2. The first-order valence-corrected chi connectivity index (χ1v) is 31.8. The molecule has 20 heteroatoms. The van der Waals surface area contributed by atoms with Gasteiger partial charge in [0, 0.05) is 26.2 Å². The number of hydrogen-bond acceptors (Lipinski definition) is 14. The van der Waals surface area contributed by atoms with Crippen LogP contribution in [0.5, 0.6) is 23.0 Å². The lowest BCUT2D eigenvalue weighted by molar-refractivity contribution is -0.153. The van der Waals surface area contributed by atoms with Gasteiger partial charge in [-0.2, -0.15) is 0 Å². The summed E-state index contributed by atoms with van der Waals surface area (Å²) in [5.41, 5.74) is 8.74. The smallest absolute Gasteiger partial charge is 0.262 e. The molecule has 450 valence electrons. The van der Waals surface area contributed by atoms with Crippen LogP contribution in [0, 0.1) is 13.8 Å². The normalized spacial score (nSPS) is 18.4. The minimum absolute atomic E-state index is 0.132. The van der Waals surface area contributed by atoms with E-state index < -0.39 is 49.5 Å². The Hall–Kier alpha value is -7.66. The first-order valence-electron chi connectivity index (χ1n) is 28.1. The van der Waals surface area contributed by atoms with Crippen LogP contribution in [0.25, 0.3) is 0 Å². The predicted octanol–water partition coefficient (Wildman–Crippen LogP) is 9.61. The third-order valence-electron chi connectivity index (χ3n) is 14.6. The summed E-state index contributed by atoms with van der Waals surface area (Å²) in [5, 5.41) is 9.31. The molecule has 0 radical (unpaired) electrons. The molecule has 2 saturated heterocycles. The number of aryl methyl sites for hydroxylation is 2. The van der Waals surface area contributed by atoms with Crippen molar-refractivity contribution in [3.05, 3.63) is 216 Å². The molecule has 85 heavy (non-hydrogen) atoms. The van der Waals surface area contributed by atoms with Gasteiger partial charge in [0.25, 0.3) is 11.8 Å². The van der Waals surface area contributed by atoms with Gasteiger partial charge in [0.2, 0.25) is 20.0 Å². The van der Waals surface area contributed by atoms with E-state index >= 15 is 0 Å². The van der Waals surface area contributed by atoms with Gasteiger partial charge in [-0.25, -0.2) is 27.8 Å². The molecule has 0 spiro atoms. The molecular weight excluding hydrogens is 1120 g/mol. The number of hydrogen-bond donors (Lipinski definition) is 3. The molecule has 6 atom stereocenters. The molecule has 2 heterocycles.